The van der Waals surface area contributed by atoms with Gasteiger partial charge >= 0.3 is 0 Å². The smallest absolute Gasteiger partial charge is 0.251 e. The van der Waals surface area contributed by atoms with Crippen LogP contribution in [0.3, 0.4) is 0 Å². The van der Waals surface area contributed by atoms with Crippen molar-refractivity contribution in [2.45, 2.75) is 56.7 Å². The number of piperidine rings is 1. The minimum absolute atomic E-state index is 0.0262. The summed E-state index contributed by atoms with van der Waals surface area (Å²) in [4.78, 5) is 21.1. The Morgan fingerprint density at radius 2 is 1.96 bits per heavy atom. The number of aromatic nitrogens is 1. The normalized spacial score (nSPS) is 25.6. The predicted octanol–water partition coefficient (Wildman–Crippen LogP) is 1.65. The van der Waals surface area contributed by atoms with Gasteiger partial charge in [-0.3, -0.25) is 9.69 Å². The molecule has 1 aromatic heterocycles. The number of carbonyl (C=O) groups is 1. The van der Waals surface area contributed by atoms with Gasteiger partial charge in [-0.05, 0) is 37.8 Å². The van der Waals surface area contributed by atoms with Gasteiger partial charge in [0.25, 0.3) is 5.91 Å². The van der Waals surface area contributed by atoms with Crippen LogP contribution in [0.2, 0.25) is 0 Å². The van der Waals surface area contributed by atoms with Crippen LogP contribution in [-0.4, -0.2) is 66.3 Å². The molecule has 2 heterocycles. The van der Waals surface area contributed by atoms with Crippen LogP contribution in [0.25, 0.3) is 0 Å². The van der Waals surface area contributed by atoms with E-state index < -0.39 is 0 Å². The summed E-state index contributed by atoms with van der Waals surface area (Å²) < 4.78 is 0. The Labute approximate surface area is 150 Å². The van der Waals surface area contributed by atoms with Gasteiger partial charge in [0, 0.05) is 51.0 Å². The van der Waals surface area contributed by atoms with Crippen molar-refractivity contribution in [3.05, 3.63) is 23.9 Å². The zero-order chi connectivity index (χ0) is 17.8. The lowest BCUT2D eigenvalue weighted by atomic mass is 9.89. The van der Waals surface area contributed by atoms with Gasteiger partial charge in [0.2, 0.25) is 0 Å². The number of carbonyl (C=O) groups excluding carboxylic acids is 1. The number of pyridine rings is 1. The maximum absolute atomic E-state index is 12.5. The van der Waals surface area contributed by atoms with Crippen molar-refractivity contribution < 1.29 is 9.90 Å². The summed E-state index contributed by atoms with van der Waals surface area (Å²) in [5, 5.41) is 13.4. The van der Waals surface area contributed by atoms with Gasteiger partial charge in [0.15, 0.2) is 0 Å². The largest absolute Gasteiger partial charge is 0.391 e. The van der Waals surface area contributed by atoms with Crippen LogP contribution in [0.4, 0.5) is 5.82 Å². The van der Waals surface area contributed by atoms with Crippen molar-refractivity contribution in [1.82, 2.24) is 15.2 Å². The van der Waals surface area contributed by atoms with E-state index in [1.54, 1.807) is 12.3 Å². The van der Waals surface area contributed by atoms with E-state index in [0.717, 1.165) is 51.0 Å². The highest BCUT2D eigenvalue weighted by Gasteiger charge is 2.31. The number of hydrogen-bond acceptors (Lipinski definition) is 5. The van der Waals surface area contributed by atoms with Crippen molar-refractivity contribution in [3.63, 3.8) is 0 Å². The molecule has 0 aromatic carbocycles. The van der Waals surface area contributed by atoms with Crippen molar-refractivity contribution in [2.24, 2.45) is 0 Å². The number of likely N-dealkylation sites (tertiary alicyclic amines) is 1. The Morgan fingerprint density at radius 1 is 1.24 bits per heavy atom. The molecular formula is C19H30N4O2. The van der Waals surface area contributed by atoms with Gasteiger partial charge in [-0.2, -0.15) is 0 Å². The first-order valence-corrected chi connectivity index (χ1v) is 9.41. The summed E-state index contributed by atoms with van der Waals surface area (Å²) in [6.45, 7) is 1.90. The number of hydrogen-bond donors (Lipinski definition) is 2. The molecule has 1 aliphatic heterocycles. The zero-order valence-electron chi connectivity index (χ0n) is 15.3. The van der Waals surface area contributed by atoms with Crippen LogP contribution in [-0.2, 0) is 0 Å². The summed E-state index contributed by atoms with van der Waals surface area (Å²) in [6.07, 6.45) is 7.78. The van der Waals surface area contributed by atoms with Crippen molar-refractivity contribution in [2.75, 3.05) is 32.1 Å². The highest BCUT2D eigenvalue weighted by molar-refractivity contribution is 5.95. The molecule has 6 heteroatoms. The van der Waals surface area contributed by atoms with E-state index in [1.165, 1.54) is 6.42 Å². The van der Waals surface area contributed by atoms with Crippen LogP contribution in [0, 0.1) is 0 Å². The number of nitrogens with zero attached hydrogens (tertiary/aromatic N) is 3. The first-order valence-electron chi connectivity index (χ1n) is 9.41. The van der Waals surface area contributed by atoms with Crippen molar-refractivity contribution in [1.29, 1.82) is 0 Å². The summed E-state index contributed by atoms with van der Waals surface area (Å²) >= 11 is 0. The molecule has 1 amide bonds. The third-order valence-electron chi connectivity index (χ3n) is 5.49. The molecule has 138 valence electrons. The molecule has 1 aromatic rings. The third kappa shape index (κ3) is 4.50. The highest BCUT2D eigenvalue weighted by atomic mass is 16.3. The first-order chi connectivity index (χ1) is 12.0. The number of amides is 1. The standard InChI is InChI=1S/C19H30N4O2/c1-22(2)18-13-14(7-10-20-18)19(25)21-15-8-11-23(12-9-15)16-5-3-4-6-17(16)24/h7,10,13,15-17,24H,3-6,8-9,11-12H2,1-2H3,(H,21,25). The summed E-state index contributed by atoms with van der Waals surface area (Å²) in [5.74, 6) is 0.760. The average molecular weight is 346 g/mol. The Kier molecular flexibility index (Phi) is 5.91. The van der Waals surface area contributed by atoms with E-state index in [9.17, 15) is 9.90 Å². The molecule has 0 spiro atoms. The molecule has 0 bridgehead atoms. The molecule has 6 nitrogen and oxygen atoms in total. The predicted molar refractivity (Wildman–Crippen MR) is 98.9 cm³/mol. The molecule has 0 radical (unpaired) electrons. The number of rotatable bonds is 4. The number of aliphatic hydroxyl groups excluding tert-OH is 1. The average Bonchev–Trinajstić information content (AvgIpc) is 2.63. The monoisotopic (exact) mass is 346 g/mol. The van der Waals surface area contributed by atoms with E-state index in [-0.39, 0.29) is 18.1 Å². The molecule has 2 aliphatic rings. The molecule has 25 heavy (non-hydrogen) atoms. The summed E-state index contributed by atoms with van der Waals surface area (Å²) in [6, 6.07) is 4.10. The van der Waals surface area contributed by atoms with Gasteiger partial charge in [0.05, 0.1) is 6.10 Å². The maximum Gasteiger partial charge on any atom is 0.251 e. The Balaban J connectivity index is 1.52. The minimum Gasteiger partial charge on any atom is -0.391 e. The fourth-order valence-electron chi connectivity index (χ4n) is 3.97. The van der Waals surface area contributed by atoms with Crippen LogP contribution in [0.15, 0.2) is 18.3 Å². The topological polar surface area (TPSA) is 68.7 Å². The van der Waals surface area contributed by atoms with Crippen LogP contribution < -0.4 is 10.2 Å². The molecule has 2 atom stereocenters. The molecule has 1 saturated heterocycles. The number of nitrogens with one attached hydrogen (secondary N) is 1. The van der Waals surface area contributed by atoms with Crippen molar-refractivity contribution >= 4 is 11.7 Å². The zero-order valence-corrected chi connectivity index (χ0v) is 15.3. The molecule has 3 rings (SSSR count). The molecule has 1 aliphatic carbocycles. The van der Waals surface area contributed by atoms with Gasteiger partial charge in [-0.1, -0.05) is 12.8 Å². The number of aliphatic hydroxyl groups is 1. The van der Waals surface area contributed by atoms with E-state index in [4.69, 9.17) is 0 Å². The lowest BCUT2D eigenvalue weighted by Gasteiger charge is -2.41. The van der Waals surface area contributed by atoms with Gasteiger partial charge in [-0.15, -0.1) is 0 Å². The van der Waals surface area contributed by atoms with E-state index in [2.05, 4.69) is 15.2 Å². The SMILES string of the molecule is CN(C)c1cc(C(=O)NC2CCN(C3CCCCC3O)CC2)ccn1. The van der Waals surface area contributed by atoms with Gasteiger partial charge in [0.1, 0.15) is 5.82 Å². The minimum atomic E-state index is -0.179. The molecule has 2 unspecified atom stereocenters. The van der Waals surface area contributed by atoms with Crippen LogP contribution in [0.1, 0.15) is 48.9 Å². The maximum atomic E-state index is 12.5. The highest BCUT2D eigenvalue weighted by Crippen LogP contribution is 2.26. The van der Waals surface area contributed by atoms with Crippen molar-refractivity contribution in [3.8, 4) is 0 Å². The fourth-order valence-corrected chi connectivity index (χ4v) is 3.97. The Bertz CT molecular complexity index is 585. The molecule has 2 fully saturated rings. The molecule has 1 saturated carbocycles. The Hall–Kier alpha value is -1.66. The first kappa shape index (κ1) is 18.1. The van der Waals surface area contributed by atoms with Gasteiger partial charge in [-0.25, -0.2) is 4.98 Å². The lowest BCUT2D eigenvalue weighted by molar-refractivity contribution is 0.00727. The second kappa shape index (κ2) is 8.15. The molecular weight excluding hydrogens is 316 g/mol. The Morgan fingerprint density at radius 3 is 2.64 bits per heavy atom. The summed E-state index contributed by atoms with van der Waals surface area (Å²) in [5.41, 5.74) is 0.656. The lowest BCUT2D eigenvalue weighted by Crippen LogP contribution is -2.52. The third-order valence-corrected chi connectivity index (χ3v) is 5.49. The summed E-state index contributed by atoms with van der Waals surface area (Å²) in [7, 11) is 3.83. The van der Waals surface area contributed by atoms with Crippen LogP contribution >= 0.6 is 0 Å². The fraction of sp³-hybridized carbons (Fsp3) is 0.684. The molecule has 2 N–H and O–H groups in total. The second-order valence-corrected chi connectivity index (χ2v) is 7.50. The van der Waals surface area contributed by atoms with E-state index >= 15 is 0 Å². The van der Waals surface area contributed by atoms with E-state index in [0.29, 0.717) is 11.6 Å². The quantitative estimate of drug-likeness (QED) is 0.868. The number of anilines is 1. The van der Waals surface area contributed by atoms with E-state index in [1.807, 2.05) is 25.1 Å². The second-order valence-electron chi connectivity index (χ2n) is 7.50. The van der Waals surface area contributed by atoms with Crippen LogP contribution in [0.5, 0.6) is 0 Å². The van der Waals surface area contributed by atoms with Gasteiger partial charge < -0.3 is 15.3 Å².